The molecule has 1 aromatic heterocycles. The van der Waals surface area contributed by atoms with E-state index in [4.69, 9.17) is 16.7 Å². The van der Waals surface area contributed by atoms with Crippen LogP contribution < -0.4 is 0 Å². The molecule has 5 heteroatoms. The Morgan fingerprint density at radius 3 is 3.00 bits per heavy atom. The van der Waals surface area contributed by atoms with Gasteiger partial charge in [0.15, 0.2) is 0 Å². The van der Waals surface area contributed by atoms with Gasteiger partial charge in [0, 0.05) is 17.5 Å². The summed E-state index contributed by atoms with van der Waals surface area (Å²) in [5.41, 5.74) is 1.43. The van der Waals surface area contributed by atoms with Crippen molar-refractivity contribution < 1.29 is 9.90 Å². The van der Waals surface area contributed by atoms with Crippen LogP contribution in [0.5, 0.6) is 0 Å². The van der Waals surface area contributed by atoms with E-state index in [1.165, 1.54) is 0 Å². The number of aliphatic carboxylic acids is 1. The molecule has 4 nitrogen and oxygen atoms in total. The van der Waals surface area contributed by atoms with E-state index in [1.807, 2.05) is 6.07 Å². The van der Waals surface area contributed by atoms with Gasteiger partial charge in [-0.2, -0.15) is 5.10 Å². The summed E-state index contributed by atoms with van der Waals surface area (Å²) in [6.07, 6.45) is -0.0856. The number of halogens is 1. The van der Waals surface area contributed by atoms with Crippen molar-refractivity contribution in [1.29, 1.82) is 0 Å². The summed E-state index contributed by atoms with van der Waals surface area (Å²) < 4.78 is 1.66. The van der Waals surface area contributed by atoms with Gasteiger partial charge in [0.05, 0.1) is 17.6 Å². The molecular weight excluding hydrogens is 216 g/mol. The smallest absolute Gasteiger partial charge is 0.309 e. The molecular formula is C10H9ClN2O2. The molecule has 0 atom stereocenters. The van der Waals surface area contributed by atoms with Gasteiger partial charge in [0.2, 0.25) is 0 Å². The van der Waals surface area contributed by atoms with Gasteiger partial charge in [0.25, 0.3) is 0 Å². The predicted octanol–water partition coefficient (Wildman–Crippen LogP) is 1.85. The minimum Gasteiger partial charge on any atom is -0.481 e. The highest BCUT2D eigenvalue weighted by Gasteiger charge is 2.11. The average molecular weight is 225 g/mol. The van der Waals surface area contributed by atoms with Crippen molar-refractivity contribution in [2.24, 2.45) is 7.05 Å². The molecule has 2 aromatic rings. The van der Waals surface area contributed by atoms with Gasteiger partial charge >= 0.3 is 5.97 Å². The van der Waals surface area contributed by atoms with Crippen molar-refractivity contribution in [1.82, 2.24) is 9.78 Å². The molecule has 0 saturated carbocycles. The van der Waals surface area contributed by atoms with E-state index >= 15 is 0 Å². The van der Waals surface area contributed by atoms with Gasteiger partial charge in [-0.1, -0.05) is 11.6 Å². The van der Waals surface area contributed by atoms with Crippen molar-refractivity contribution in [3.8, 4) is 0 Å². The number of aryl methyl sites for hydroxylation is 1. The molecule has 0 bridgehead atoms. The molecule has 1 heterocycles. The van der Waals surface area contributed by atoms with Crippen LogP contribution in [0.4, 0.5) is 0 Å². The molecule has 1 aromatic carbocycles. The Bertz CT molecular complexity index is 533. The first-order valence-corrected chi connectivity index (χ1v) is 4.78. The first-order chi connectivity index (χ1) is 7.08. The van der Waals surface area contributed by atoms with Crippen LogP contribution >= 0.6 is 11.6 Å². The van der Waals surface area contributed by atoms with Crippen molar-refractivity contribution in [3.05, 3.63) is 28.9 Å². The average Bonchev–Trinajstić information content (AvgIpc) is 2.42. The van der Waals surface area contributed by atoms with Gasteiger partial charge < -0.3 is 5.11 Å². The van der Waals surface area contributed by atoms with Crippen LogP contribution in [-0.4, -0.2) is 20.9 Å². The number of carboxylic acid groups (broad SMARTS) is 1. The fourth-order valence-corrected chi connectivity index (χ4v) is 1.76. The Hall–Kier alpha value is -1.55. The molecule has 2 rings (SSSR count). The van der Waals surface area contributed by atoms with E-state index in [0.717, 1.165) is 10.9 Å². The lowest BCUT2D eigenvalue weighted by Gasteiger charge is -1.94. The summed E-state index contributed by atoms with van der Waals surface area (Å²) in [5, 5.41) is 14.3. The zero-order valence-corrected chi connectivity index (χ0v) is 8.82. The number of aromatic nitrogens is 2. The lowest BCUT2D eigenvalue weighted by Crippen LogP contribution is -2.01. The van der Waals surface area contributed by atoms with E-state index < -0.39 is 5.97 Å². The molecule has 1 N–H and O–H groups in total. The normalized spacial score (nSPS) is 10.8. The van der Waals surface area contributed by atoms with Gasteiger partial charge in [-0.3, -0.25) is 9.48 Å². The molecule has 0 unspecified atom stereocenters. The highest BCUT2D eigenvalue weighted by atomic mass is 35.5. The minimum absolute atomic E-state index is 0.0856. The Balaban J connectivity index is 2.64. The van der Waals surface area contributed by atoms with Gasteiger partial charge in [-0.15, -0.1) is 0 Å². The minimum atomic E-state index is -0.894. The number of rotatable bonds is 2. The van der Waals surface area contributed by atoms with Crippen LogP contribution in [-0.2, 0) is 18.3 Å². The number of fused-ring (bicyclic) bond motifs is 1. The number of carbonyl (C=O) groups is 1. The molecule has 0 aliphatic rings. The topological polar surface area (TPSA) is 55.1 Å². The van der Waals surface area contributed by atoms with Gasteiger partial charge in [-0.05, 0) is 18.2 Å². The molecule has 78 valence electrons. The second-order valence-corrected chi connectivity index (χ2v) is 3.74. The van der Waals surface area contributed by atoms with E-state index in [9.17, 15) is 4.79 Å². The predicted molar refractivity (Wildman–Crippen MR) is 57.1 cm³/mol. The fraction of sp³-hybridized carbons (Fsp3) is 0.200. The van der Waals surface area contributed by atoms with Crippen molar-refractivity contribution in [2.45, 2.75) is 6.42 Å². The largest absolute Gasteiger partial charge is 0.481 e. The maximum Gasteiger partial charge on any atom is 0.309 e. The lowest BCUT2D eigenvalue weighted by atomic mass is 10.2. The van der Waals surface area contributed by atoms with Crippen molar-refractivity contribution in [3.63, 3.8) is 0 Å². The lowest BCUT2D eigenvalue weighted by molar-refractivity contribution is -0.136. The van der Waals surface area contributed by atoms with Crippen LogP contribution in [0.25, 0.3) is 10.9 Å². The number of hydrogen-bond acceptors (Lipinski definition) is 2. The van der Waals surface area contributed by atoms with E-state index in [-0.39, 0.29) is 6.42 Å². The maximum absolute atomic E-state index is 10.6. The molecule has 0 spiro atoms. The van der Waals surface area contributed by atoms with Crippen LogP contribution in [0.3, 0.4) is 0 Å². The SMILES string of the molecule is Cn1nc(CC(=O)O)c2cc(Cl)ccc21. The number of carboxylic acids is 1. The van der Waals surface area contributed by atoms with Gasteiger partial charge in [0.1, 0.15) is 0 Å². The summed E-state index contributed by atoms with van der Waals surface area (Å²) in [7, 11) is 1.78. The number of benzene rings is 1. The highest BCUT2D eigenvalue weighted by molar-refractivity contribution is 6.31. The van der Waals surface area contributed by atoms with Crippen molar-refractivity contribution >= 4 is 28.5 Å². The molecule has 0 aliphatic heterocycles. The van der Waals surface area contributed by atoms with E-state index in [1.54, 1.807) is 23.9 Å². The first-order valence-electron chi connectivity index (χ1n) is 4.41. The standard InChI is InChI=1S/C10H9ClN2O2/c1-13-9-3-2-6(11)4-7(9)8(12-13)5-10(14)15/h2-4H,5H2,1H3,(H,14,15). The fourth-order valence-electron chi connectivity index (χ4n) is 1.58. The zero-order valence-electron chi connectivity index (χ0n) is 8.07. The number of hydrogen-bond donors (Lipinski definition) is 1. The van der Waals surface area contributed by atoms with Gasteiger partial charge in [-0.25, -0.2) is 0 Å². The third-order valence-electron chi connectivity index (χ3n) is 2.21. The number of nitrogens with zero attached hydrogens (tertiary/aromatic N) is 2. The summed E-state index contributed by atoms with van der Waals surface area (Å²) in [6, 6.07) is 5.33. The zero-order chi connectivity index (χ0) is 11.0. The summed E-state index contributed by atoms with van der Waals surface area (Å²) in [6.45, 7) is 0. The summed E-state index contributed by atoms with van der Waals surface area (Å²) in [4.78, 5) is 10.6. The molecule has 0 amide bonds. The Morgan fingerprint density at radius 1 is 1.60 bits per heavy atom. The summed E-state index contributed by atoms with van der Waals surface area (Å²) >= 11 is 5.85. The van der Waals surface area contributed by atoms with Crippen LogP contribution in [0.2, 0.25) is 5.02 Å². The Labute approximate surface area is 91.1 Å². The van der Waals surface area contributed by atoms with Crippen LogP contribution in [0.15, 0.2) is 18.2 Å². The van der Waals surface area contributed by atoms with Crippen molar-refractivity contribution in [2.75, 3.05) is 0 Å². The highest BCUT2D eigenvalue weighted by Crippen LogP contribution is 2.22. The van der Waals surface area contributed by atoms with E-state index in [2.05, 4.69) is 5.10 Å². The maximum atomic E-state index is 10.6. The summed E-state index contributed by atoms with van der Waals surface area (Å²) in [5.74, 6) is -0.894. The molecule has 0 aliphatic carbocycles. The molecule has 0 fully saturated rings. The molecule has 15 heavy (non-hydrogen) atoms. The molecule has 0 saturated heterocycles. The second kappa shape index (κ2) is 3.55. The third-order valence-corrected chi connectivity index (χ3v) is 2.44. The second-order valence-electron chi connectivity index (χ2n) is 3.30. The monoisotopic (exact) mass is 224 g/mol. The Kier molecular flexibility index (Phi) is 2.36. The quantitative estimate of drug-likeness (QED) is 0.847. The molecule has 0 radical (unpaired) electrons. The van der Waals surface area contributed by atoms with E-state index in [0.29, 0.717) is 10.7 Å². The van der Waals surface area contributed by atoms with Crippen LogP contribution in [0, 0.1) is 0 Å². The first kappa shape index (κ1) is 9.98. The third kappa shape index (κ3) is 1.80. The van der Waals surface area contributed by atoms with Crippen LogP contribution in [0.1, 0.15) is 5.69 Å². The Morgan fingerprint density at radius 2 is 2.33 bits per heavy atom.